The number of rotatable bonds is 39. The summed E-state index contributed by atoms with van der Waals surface area (Å²) in [5.41, 5.74) is 0. The molecule has 6 nitrogen and oxygen atoms in total. The molecule has 304 valence electrons. The molecule has 52 heavy (non-hydrogen) atoms. The summed E-state index contributed by atoms with van der Waals surface area (Å²) in [6.07, 6.45) is 44.9. The van der Waals surface area contributed by atoms with Gasteiger partial charge in [-0.05, 0) is 70.6 Å². The van der Waals surface area contributed by atoms with Gasteiger partial charge in [0.1, 0.15) is 6.10 Å². The first-order valence-corrected chi connectivity index (χ1v) is 22.2. The van der Waals surface area contributed by atoms with Crippen LogP contribution in [-0.2, 0) is 14.3 Å². The van der Waals surface area contributed by atoms with Crippen LogP contribution < -0.4 is 5.32 Å². The molecule has 6 heteroatoms. The van der Waals surface area contributed by atoms with Gasteiger partial charge in [-0.1, -0.05) is 173 Å². The Hall–Kier alpha value is -1.92. The highest BCUT2D eigenvalue weighted by molar-refractivity contribution is 5.77. The van der Waals surface area contributed by atoms with Gasteiger partial charge in [-0.2, -0.15) is 0 Å². The maximum absolute atomic E-state index is 13.1. The lowest BCUT2D eigenvalue weighted by Gasteiger charge is -2.24. The van der Waals surface area contributed by atoms with Crippen molar-refractivity contribution in [3.63, 3.8) is 0 Å². The van der Waals surface area contributed by atoms with Crippen LogP contribution in [0, 0.1) is 0 Å². The molecular weight excluding hydrogens is 647 g/mol. The van der Waals surface area contributed by atoms with Crippen LogP contribution in [0.3, 0.4) is 0 Å². The van der Waals surface area contributed by atoms with Crippen LogP contribution in [-0.4, -0.2) is 46.9 Å². The molecule has 0 aliphatic heterocycles. The molecule has 0 bridgehead atoms. The predicted molar refractivity (Wildman–Crippen MR) is 222 cm³/mol. The summed E-state index contributed by atoms with van der Waals surface area (Å²) < 4.78 is 5.88. The van der Waals surface area contributed by atoms with Crippen molar-refractivity contribution in [2.75, 3.05) is 6.61 Å². The molecule has 3 unspecified atom stereocenters. The maximum atomic E-state index is 13.1. The number of carbonyl (C=O) groups excluding carboxylic acids is 2. The number of aliphatic hydroxyl groups excluding tert-OH is 2. The average molecular weight is 732 g/mol. The number of hydrogen-bond donors (Lipinski definition) is 3. The monoisotopic (exact) mass is 732 g/mol. The van der Waals surface area contributed by atoms with Crippen LogP contribution in [0.15, 0.2) is 36.5 Å². The Labute approximate surface area is 322 Å². The molecule has 0 aromatic carbocycles. The summed E-state index contributed by atoms with van der Waals surface area (Å²) in [6, 6.07) is -0.703. The molecule has 0 aromatic rings. The zero-order valence-corrected chi connectivity index (χ0v) is 34.4. The third kappa shape index (κ3) is 35.1. The van der Waals surface area contributed by atoms with E-state index in [2.05, 4.69) is 62.5 Å². The van der Waals surface area contributed by atoms with Gasteiger partial charge >= 0.3 is 5.97 Å². The minimum absolute atomic E-state index is 0.0657. The summed E-state index contributed by atoms with van der Waals surface area (Å²) in [5, 5.41) is 23.6. The highest BCUT2D eigenvalue weighted by atomic mass is 16.5. The fraction of sp³-hybridized carbons (Fsp3) is 0.826. The van der Waals surface area contributed by atoms with Crippen LogP contribution >= 0.6 is 0 Å². The van der Waals surface area contributed by atoms with Gasteiger partial charge in [-0.15, -0.1) is 0 Å². The van der Waals surface area contributed by atoms with E-state index in [1.807, 2.05) is 0 Å². The Morgan fingerprint density at radius 1 is 0.577 bits per heavy atom. The first-order valence-electron chi connectivity index (χ1n) is 22.2. The van der Waals surface area contributed by atoms with E-state index in [4.69, 9.17) is 4.74 Å². The second-order valence-electron chi connectivity index (χ2n) is 15.1. The Morgan fingerprint density at radius 3 is 1.63 bits per heavy atom. The van der Waals surface area contributed by atoms with Crippen molar-refractivity contribution in [2.24, 2.45) is 0 Å². The Bertz CT molecular complexity index is 869. The molecule has 0 heterocycles. The Balaban J connectivity index is 4.63. The van der Waals surface area contributed by atoms with Crippen molar-refractivity contribution in [1.82, 2.24) is 5.32 Å². The van der Waals surface area contributed by atoms with E-state index in [0.717, 1.165) is 83.5 Å². The van der Waals surface area contributed by atoms with Crippen molar-refractivity contribution in [3.8, 4) is 0 Å². The summed E-state index contributed by atoms with van der Waals surface area (Å²) in [4.78, 5) is 25.9. The highest BCUT2D eigenvalue weighted by Crippen LogP contribution is 2.17. The molecule has 0 spiro atoms. The number of unbranched alkanes of at least 4 members (excludes halogenated alkanes) is 21. The van der Waals surface area contributed by atoms with Crippen LogP contribution in [0.25, 0.3) is 0 Å². The lowest BCUT2D eigenvalue weighted by atomic mass is 10.0. The molecule has 0 radical (unpaired) electrons. The molecule has 0 aliphatic carbocycles. The molecule has 3 atom stereocenters. The molecule has 1 amide bonds. The standard InChI is InChI=1S/C46H85NO5/c1-4-7-10-13-16-19-22-24-25-28-31-34-37-42(52-46(51)39-36-33-30-27-23-20-17-14-11-8-5-2)40-45(50)47-43(41-48)44(49)38-35-32-29-26-21-18-15-12-9-6-3/h7,10,14,16-17,19,42-44,48-49H,4-6,8-9,11-13,15,18,20-41H2,1-3H3,(H,47,50)/b10-7+,17-14-,19-16+. The van der Waals surface area contributed by atoms with Crippen molar-refractivity contribution in [3.05, 3.63) is 36.5 Å². The van der Waals surface area contributed by atoms with Gasteiger partial charge in [-0.25, -0.2) is 0 Å². The van der Waals surface area contributed by atoms with Crippen molar-refractivity contribution in [2.45, 2.75) is 238 Å². The summed E-state index contributed by atoms with van der Waals surface area (Å²) in [7, 11) is 0. The van der Waals surface area contributed by atoms with E-state index < -0.39 is 18.2 Å². The predicted octanol–water partition coefficient (Wildman–Crippen LogP) is 12.6. The van der Waals surface area contributed by atoms with Crippen LogP contribution in [0.1, 0.15) is 220 Å². The first kappa shape index (κ1) is 50.1. The summed E-state index contributed by atoms with van der Waals surface area (Å²) in [6.45, 7) is 6.30. The van der Waals surface area contributed by atoms with Gasteiger partial charge in [0.15, 0.2) is 0 Å². The number of nitrogens with one attached hydrogen (secondary N) is 1. The van der Waals surface area contributed by atoms with Crippen molar-refractivity contribution >= 4 is 11.9 Å². The smallest absolute Gasteiger partial charge is 0.306 e. The SMILES string of the molecule is CC/C=C/C/C=C/CCCCCCCC(CC(=O)NC(CO)C(O)CCCCCCCCCCCC)OC(=O)CCCCCCC/C=C\CCCC. The van der Waals surface area contributed by atoms with Gasteiger partial charge in [-0.3, -0.25) is 9.59 Å². The molecule has 0 rings (SSSR count). The van der Waals surface area contributed by atoms with Gasteiger partial charge < -0.3 is 20.3 Å². The minimum Gasteiger partial charge on any atom is -0.462 e. The van der Waals surface area contributed by atoms with Gasteiger partial charge in [0.05, 0.1) is 25.2 Å². The maximum Gasteiger partial charge on any atom is 0.306 e. The Morgan fingerprint density at radius 2 is 1.06 bits per heavy atom. The van der Waals surface area contributed by atoms with E-state index in [1.165, 1.54) is 89.9 Å². The van der Waals surface area contributed by atoms with Gasteiger partial charge in [0.2, 0.25) is 5.91 Å². The summed E-state index contributed by atoms with van der Waals surface area (Å²) >= 11 is 0. The van der Waals surface area contributed by atoms with E-state index in [1.54, 1.807) is 0 Å². The zero-order valence-electron chi connectivity index (χ0n) is 34.4. The molecule has 0 aliphatic rings. The third-order valence-electron chi connectivity index (χ3n) is 9.95. The molecule has 0 saturated carbocycles. The summed E-state index contributed by atoms with van der Waals surface area (Å²) in [5.74, 6) is -0.500. The van der Waals surface area contributed by atoms with Gasteiger partial charge in [0.25, 0.3) is 0 Å². The molecule has 3 N–H and O–H groups in total. The third-order valence-corrected chi connectivity index (χ3v) is 9.95. The molecule has 0 fully saturated rings. The van der Waals surface area contributed by atoms with Crippen LogP contribution in [0.5, 0.6) is 0 Å². The lowest BCUT2D eigenvalue weighted by molar-refractivity contribution is -0.151. The van der Waals surface area contributed by atoms with Crippen molar-refractivity contribution in [1.29, 1.82) is 0 Å². The van der Waals surface area contributed by atoms with E-state index in [0.29, 0.717) is 19.3 Å². The van der Waals surface area contributed by atoms with Crippen LogP contribution in [0.2, 0.25) is 0 Å². The largest absolute Gasteiger partial charge is 0.462 e. The molecule has 0 saturated heterocycles. The number of allylic oxidation sites excluding steroid dienone is 6. The first-order chi connectivity index (χ1) is 25.5. The second kappa shape index (κ2) is 40.3. The highest BCUT2D eigenvalue weighted by Gasteiger charge is 2.24. The van der Waals surface area contributed by atoms with Gasteiger partial charge in [0, 0.05) is 6.42 Å². The number of aliphatic hydroxyl groups is 2. The topological polar surface area (TPSA) is 95.9 Å². The normalized spacial score (nSPS) is 13.7. The number of ether oxygens (including phenoxy) is 1. The van der Waals surface area contributed by atoms with E-state index in [9.17, 15) is 19.8 Å². The molecular formula is C46H85NO5. The Kier molecular flexibility index (Phi) is 38.8. The quantitative estimate of drug-likeness (QED) is 0.0332. The lowest BCUT2D eigenvalue weighted by Crippen LogP contribution is -2.46. The number of carbonyl (C=O) groups is 2. The fourth-order valence-corrected chi connectivity index (χ4v) is 6.57. The van der Waals surface area contributed by atoms with E-state index in [-0.39, 0.29) is 24.9 Å². The average Bonchev–Trinajstić information content (AvgIpc) is 3.13. The zero-order chi connectivity index (χ0) is 38.2. The number of amides is 1. The minimum atomic E-state index is -0.788. The second-order valence-corrected chi connectivity index (χ2v) is 15.1. The fourth-order valence-electron chi connectivity index (χ4n) is 6.57. The molecule has 0 aromatic heterocycles. The van der Waals surface area contributed by atoms with Crippen LogP contribution in [0.4, 0.5) is 0 Å². The van der Waals surface area contributed by atoms with Crippen molar-refractivity contribution < 1.29 is 24.5 Å². The number of esters is 1. The number of hydrogen-bond acceptors (Lipinski definition) is 5. The van der Waals surface area contributed by atoms with E-state index >= 15 is 0 Å².